The third-order valence-corrected chi connectivity index (χ3v) is 3.05. The van der Waals surface area contributed by atoms with Gasteiger partial charge in [0.2, 0.25) is 5.89 Å². The van der Waals surface area contributed by atoms with E-state index < -0.39 is 4.92 Å². The first-order chi connectivity index (χ1) is 9.06. The average molecular weight is 327 g/mol. The molecule has 7 nitrogen and oxygen atoms in total. The number of halogens is 1. The Hall–Kier alpha value is -1.80. The highest BCUT2D eigenvalue weighted by molar-refractivity contribution is 9.10. The predicted molar refractivity (Wildman–Crippen MR) is 70.4 cm³/mol. The van der Waals surface area contributed by atoms with Crippen LogP contribution in [-0.2, 0) is 13.1 Å². The van der Waals surface area contributed by atoms with E-state index in [1.807, 2.05) is 6.07 Å². The van der Waals surface area contributed by atoms with E-state index in [1.54, 1.807) is 13.0 Å². The van der Waals surface area contributed by atoms with E-state index in [2.05, 4.69) is 31.4 Å². The van der Waals surface area contributed by atoms with Crippen molar-refractivity contribution < 1.29 is 9.45 Å². The molecule has 0 aliphatic heterocycles. The lowest BCUT2D eigenvalue weighted by molar-refractivity contribution is -0.385. The lowest BCUT2D eigenvalue weighted by Gasteiger charge is -2.03. The summed E-state index contributed by atoms with van der Waals surface area (Å²) in [5, 5.41) is 17.5. The van der Waals surface area contributed by atoms with Crippen LogP contribution in [0.25, 0.3) is 0 Å². The van der Waals surface area contributed by atoms with Gasteiger partial charge in [0.25, 0.3) is 5.69 Å². The monoisotopic (exact) mass is 326 g/mol. The molecule has 100 valence electrons. The molecule has 8 heteroatoms. The van der Waals surface area contributed by atoms with E-state index in [0.29, 0.717) is 29.3 Å². The van der Waals surface area contributed by atoms with Crippen molar-refractivity contribution in [3.8, 4) is 0 Å². The van der Waals surface area contributed by atoms with E-state index in [-0.39, 0.29) is 5.69 Å². The number of benzene rings is 1. The molecule has 0 aliphatic carbocycles. The second-order valence-electron chi connectivity index (χ2n) is 3.88. The van der Waals surface area contributed by atoms with Gasteiger partial charge >= 0.3 is 0 Å². The maximum absolute atomic E-state index is 10.8. The molecule has 2 rings (SSSR count). The zero-order valence-electron chi connectivity index (χ0n) is 10.1. The van der Waals surface area contributed by atoms with Crippen LogP contribution in [0.4, 0.5) is 5.69 Å². The van der Waals surface area contributed by atoms with Crippen LogP contribution >= 0.6 is 15.9 Å². The van der Waals surface area contributed by atoms with Gasteiger partial charge in [-0.25, -0.2) is 0 Å². The number of aromatic nitrogens is 2. The fraction of sp³-hybridized carbons (Fsp3) is 0.273. The van der Waals surface area contributed by atoms with Crippen LogP contribution in [0, 0.1) is 17.0 Å². The SMILES string of the molecule is Cc1noc(CNCc2ccc(Br)c([N+](=O)[O-])c2)n1. The first-order valence-corrected chi connectivity index (χ1v) is 6.28. The van der Waals surface area contributed by atoms with Gasteiger partial charge in [-0.15, -0.1) is 0 Å². The van der Waals surface area contributed by atoms with E-state index >= 15 is 0 Å². The molecule has 0 amide bonds. The molecule has 0 radical (unpaired) electrons. The standard InChI is InChI=1S/C11H11BrN4O3/c1-7-14-11(19-15-7)6-13-5-8-2-3-9(12)10(4-8)16(17)18/h2-4,13H,5-6H2,1H3. The van der Waals surface area contributed by atoms with Crippen molar-refractivity contribution in [3.63, 3.8) is 0 Å². The smallest absolute Gasteiger partial charge is 0.283 e. The molecule has 0 bridgehead atoms. The second-order valence-corrected chi connectivity index (χ2v) is 4.74. The quantitative estimate of drug-likeness (QED) is 0.669. The van der Waals surface area contributed by atoms with Crippen molar-refractivity contribution >= 4 is 21.6 Å². The molecule has 2 aromatic rings. The van der Waals surface area contributed by atoms with Crippen molar-refractivity contribution in [2.24, 2.45) is 0 Å². The topological polar surface area (TPSA) is 94.1 Å². The van der Waals surface area contributed by atoms with Crippen LogP contribution in [0.5, 0.6) is 0 Å². The van der Waals surface area contributed by atoms with Gasteiger partial charge in [0.1, 0.15) is 0 Å². The minimum atomic E-state index is -0.422. The third-order valence-electron chi connectivity index (χ3n) is 2.38. The number of hydrogen-bond donors (Lipinski definition) is 1. The van der Waals surface area contributed by atoms with Gasteiger partial charge in [0, 0.05) is 12.6 Å². The van der Waals surface area contributed by atoms with Crippen molar-refractivity contribution in [1.29, 1.82) is 0 Å². The normalized spacial score (nSPS) is 10.6. The Morgan fingerprint density at radius 1 is 1.47 bits per heavy atom. The van der Waals surface area contributed by atoms with Gasteiger partial charge in [-0.1, -0.05) is 11.2 Å². The van der Waals surface area contributed by atoms with Crippen LogP contribution < -0.4 is 5.32 Å². The van der Waals surface area contributed by atoms with Gasteiger partial charge in [0.15, 0.2) is 5.82 Å². The Bertz CT molecular complexity index is 599. The van der Waals surface area contributed by atoms with E-state index in [9.17, 15) is 10.1 Å². The number of nitro benzene ring substituents is 1. The molecule has 1 heterocycles. The molecule has 0 saturated carbocycles. The number of aryl methyl sites for hydroxylation is 1. The van der Waals surface area contributed by atoms with Crippen LogP contribution in [-0.4, -0.2) is 15.1 Å². The van der Waals surface area contributed by atoms with Crippen LogP contribution in [0.1, 0.15) is 17.3 Å². The predicted octanol–water partition coefficient (Wildman–Crippen LogP) is 2.34. The van der Waals surface area contributed by atoms with E-state index in [0.717, 1.165) is 5.56 Å². The fourth-order valence-electron chi connectivity index (χ4n) is 1.53. The number of hydrogen-bond acceptors (Lipinski definition) is 6. The number of nitrogens with zero attached hydrogens (tertiary/aromatic N) is 3. The lowest BCUT2D eigenvalue weighted by Crippen LogP contribution is -2.13. The summed E-state index contributed by atoms with van der Waals surface area (Å²) in [5.41, 5.74) is 0.860. The van der Waals surface area contributed by atoms with Gasteiger partial charge in [-0.05, 0) is 34.5 Å². The molecular weight excluding hydrogens is 316 g/mol. The molecule has 0 unspecified atom stereocenters. The lowest BCUT2D eigenvalue weighted by atomic mass is 10.2. The Kier molecular flexibility index (Phi) is 4.23. The van der Waals surface area contributed by atoms with Crippen LogP contribution in [0.15, 0.2) is 27.2 Å². The van der Waals surface area contributed by atoms with Gasteiger partial charge in [-0.3, -0.25) is 10.1 Å². The zero-order valence-corrected chi connectivity index (χ0v) is 11.7. The number of nitro groups is 1. The minimum absolute atomic E-state index is 0.0490. The van der Waals surface area contributed by atoms with Gasteiger partial charge < -0.3 is 9.84 Å². The zero-order chi connectivity index (χ0) is 13.8. The summed E-state index contributed by atoms with van der Waals surface area (Å²) in [7, 11) is 0. The maximum atomic E-state index is 10.8. The fourth-order valence-corrected chi connectivity index (χ4v) is 1.93. The molecule has 0 atom stereocenters. The molecular formula is C11H11BrN4O3. The molecule has 1 aromatic heterocycles. The Morgan fingerprint density at radius 2 is 2.26 bits per heavy atom. The summed E-state index contributed by atoms with van der Waals surface area (Å²) < 4.78 is 5.41. The first kappa shape index (κ1) is 13.6. The number of nitrogens with one attached hydrogen (secondary N) is 1. The maximum Gasteiger partial charge on any atom is 0.283 e. The van der Waals surface area contributed by atoms with Crippen LogP contribution in [0.3, 0.4) is 0 Å². The molecule has 1 N–H and O–H groups in total. The summed E-state index contributed by atoms with van der Waals surface area (Å²) in [5.74, 6) is 1.07. The Balaban J connectivity index is 1.96. The van der Waals surface area contributed by atoms with Gasteiger partial charge in [-0.2, -0.15) is 4.98 Å². The van der Waals surface area contributed by atoms with Gasteiger partial charge in [0.05, 0.1) is 15.9 Å². The third kappa shape index (κ3) is 3.58. The molecule has 0 saturated heterocycles. The van der Waals surface area contributed by atoms with Crippen molar-refractivity contribution in [1.82, 2.24) is 15.5 Å². The molecule has 0 aliphatic rings. The Labute approximate surface area is 117 Å². The highest BCUT2D eigenvalue weighted by atomic mass is 79.9. The second kappa shape index (κ2) is 5.89. The van der Waals surface area contributed by atoms with Crippen molar-refractivity contribution in [3.05, 3.63) is 50.1 Å². The molecule has 0 fully saturated rings. The van der Waals surface area contributed by atoms with E-state index in [1.165, 1.54) is 6.07 Å². The summed E-state index contributed by atoms with van der Waals surface area (Å²) in [6.07, 6.45) is 0. The van der Waals surface area contributed by atoms with E-state index in [4.69, 9.17) is 4.52 Å². The van der Waals surface area contributed by atoms with Crippen molar-refractivity contribution in [2.75, 3.05) is 0 Å². The molecule has 0 spiro atoms. The number of rotatable bonds is 5. The first-order valence-electron chi connectivity index (χ1n) is 5.49. The summed E-state index contributed by atoms with van der Waals surface area (Å²) in [6, 6.07) is 4.99. The summed E-state index contributed by atoms with van der Waals surface area (Å²) >= 11 is 3.14. The highest BCUT2D eigenvalue weighted by Gasteiger charge is 2.12. The molecule has 1 aromatic carbocycles. The largest absolute Gasteiger partial charge is 0.338 e. The molecule has 19 heavy (non-hydrogen) atoms. The summed E-state index contributed by atoms with van der Waals surface area (Å²) in [6.45, 7) is 2.64. The Morgan fingerprint density at radius 3 is 2.89 bits per heavy atom. The van der Waals surface area contributed by atoms with Crippen molar-refractivity contribution in [2.45, 2.75) is 20.0 Å². The minimum Gasteiger partial charge on any atom is -0.338 e. The van der Waals surface area contributed by atoms with Crippen LogP contribution in [0.2, 0.25) is 0 Å². The summed E-state index contributed by atoms with van der Waals surface area (Å²) in [4.78, 5) is 14.4. The highest BCUT2D eigenvalue weighted by Crippen LogP contribution is 2.25. The average Bonchev–Trinajstić information content (AvgIpc) is 2.77.